The predicted octanol–water partition coefficient (Wildman–Crippen LogP) is 3.59. The van der Waals surface area contributed by atoms with Gasteiger partial charge < -0.3 is 29.7 Å². The maximum atomic E-state index is 14.1. The van der Waals surface area contributed by atoms with Crippen molar-refractivity contribution in [2.24, 2.45) is 17.8 Å². The zero-order valence-corrected chi connectivity index (χ0v) is 29.6. The molecule has 0 radical (unpaired) electrons. The fourth-order valence-corrected chi connectivity index (χ4v) is 7.34. The van der Waals surface area contributed by atoms with Crippen LogP contribution in [0.25, 0.3) is 29.9 Å². The molecule has 0 spiro atoms. The number of H-pyrrole nitrogens is 1. The summed E-state index contributed by atoms with van der Waals surface area (Å²) in [6, 6.07) is 0. The molecular formula is C37H40MgN4O5. The number of ether oxygens (including phenoxy) is 2. The number of aromatic nitrogens is 3. The summed E-state index contributed by atoms with van der Waals surface area (Å²) < 4.78 is 10.4. The van der Waals surface area contributed by atoms with Crippen molar-refractivity contribution < 1.29 is 23.9 Å². The van der Waals surface area contributed by atoms with Gasteiger partial charge in [-0.15, -0.1) is 22.1 Å². The second-order valence-electron chi connectivity index (χ2n) is 12.3. The first-order chi connectivity index (χ1) is 22.0. The zero-order valence-electron chi connectivity index (χ0n) is 28.2. The first-order valence-electron chi connectivity index (χ1n) is 15.9. The minimum Gasteiger partial charge on any atom is -0.657 e. The molecule has 0 aromatic carbocycles. The summed E-state index contributed by atoms with van der Waals surface area (Å²) in [6.07, 6.45) is 9.36. The summed E-state index contributed by atoms with van der Waals surface area (Å²) >= 11 is 0. The van der Waals surface area contributed by atoms with Gasteiger partial charge in [0, 0.05) is 52.2 Å². The van der Waals surface area contributed by atoms with E-state index in [1.807, 2.05) is 19.1 Å². The minimum atomic E-state index is -1.16. The van der Waals surface area contributed by atoms with Gasteiger partial charge in [0.1, 0.15) is 5.92 Å². The Bertz CT molecular complexity index is 2000. The van der Waals surface area contributed by atoms with Crippen LogP contribution in [0, 0.1) is 38.5 Å². The number of fused-ring (bicyclic) bond motifs is 7. The van der Waals surface area contributed by atoms with Gasteiger partial charge in [0.05, 0.1) is 13.7 Å². The number of methoxy groups -OCH3 is 1. The summed E-state index contributed by atoms with van der Waals surface area (Å²) in [5.41, 5.74) is 10.4. The Morgan fingerprint density at radius 2 is 1.77 bits per heavy atom. The van der Waals surface area contributed by atoms with Crippen molar-refractivity contribution in [2.75, 3.05) is 13.7 Å². The van der Waals surface area contributed by atoms with E-state index in [4.69, 9.17) is 19.4 Å². The Morgan fingerprint density at radius 3 is 2.43 bits per heavy atom. The van der Waals surface area contributed by atoms with E-state index in [1.165, 1.54) is 7.11 Å². The SMILES string of the molecule is C=Cc1c2[nH]c(c1C)/C=C1\N/C(=C3\c4[n-]c(c(C)c4C(=O)[C@@H]3C(=O)OC)/C=c3\[n-]/c(c(C)c3CC)=C\2)[C@@H](CCC(=O)OCC)[C@@H]1C.[Mg+2]. The second kappa shape index (κ2) is 13.2. The molecule has 9 nitrogen and oxygen atoms in total. The van der Waals surface area contributed by atoms with Gasteiger partial charge >= 0.3 is 35.0 Å². The topological polar surface area (TPSA) is 126 Å². The number of nitrogens with zero attached hydrogens (tertiary/aromatic N) is 2. The molecule has 8 bridgehead atoms. The van der Waals surface area contributed by atoms with E-state index in [0.717, 1.165) is 56.5 Å². The van der Waals surface area contributed by atoms with E-state index in [-0.39, 0.29) is 53.1 Å². The predicted molar refractivity (Wildman–Crippen MR) is 183 cm³/mol. The first kappa shape index (κ1) is 34.3. The van der Waals surface area contributed by atoms with E-state index >= 15 is 0 Å². The van der Waals surface area contributed by atoms with Gasteiger partial charge in [-0.2, -0.15) is 0 Å². The summed E-state index contributed by atoms with van der Waals surface area (Å²) in [6.45, 7) is 16.4. The molecule has 0 saturated carbocycles. The molecular weight excluding hydrogens is 605 g/mol. The van der Waals surface area contributed by atoms with Crippen molar-refractivity contribution in [3.63, 3.8) is 0 Å². The fourth-order valence-electron chi connectivity index (χ4n) is 7.34. The number of carbonyl (C=O) groups is 3. The molecule has 3 aromatic heterocycles. The van der Waals surface area contributed by atoms with E-state index in [9.17, 15) is 14.4 Å². The standard InChI is InChI=1S/C37H41N4O5.Mg/c1-9-21-17(4)24-14-26-19(6)23(12-13-30(42)46-11-3)34(40-26)32-33(37(44)45-8)36(43)31-20(7)27(41-35(31)32)16-29-22(10-2)18(5)25(39-29)15-28(21)38-24;/h9,14-16,19,23,33,38H,1,10-13H2,2-8H3,(H2,40,41,43);/q-1;+2/p-1/b25-15-,26-14-,29-16-;/t19-,23-,33+;/m0./s1. The number of hydrogen-bond donors (Lipinski definition) is 2. The molecule has 6 rings (SSSR count). The van der Waals surface area contributed by atoms with Crippen LogP contribution in [0.3, 0.4) is 0 Å². The molecule has 5 heterocycles. The van der Waals surface area contributed by atoms with E-state index in [1.54, 1.807) is 6.92 Å². The van der Waals surface area contributed by atoms with Gasteiger partial charge in [-0.1, -0.05) is 55.3 Å². The number of hydrogen-bond acceptors (Lipinski definition) is 6. The molecule has 10 heteroatoms. The Morgan fingerprint density at radius 1 is 1.02 bits per heavy atom. The average molecular weight is 645 g/mol. The van der Waals surface area contributed by atoms with Crippen LogP contribution in [-0.4, -0.2) is 59.5 Å². The normalized spacial score (nSPS) is 23.4. The van der Waals surface area contributed by atoms with Crippen LogP contribution in [0.4, 0.5) is 0 Å². The van der Waals surface area contributed by atoms with Crippen molar-refractivity contribution in [3.8, 4) is 0 Å². The third kappa shape index (κ3) is 5.55. The molecule has 2 N–H and O–H groups in total. The third-order valence-electron chi connectivity index (χ3n) is 9.88. The maximum absolute atomic E-state index is 14.1. The Balaban J connectivity index is 0.00000433. The Hall–Kier alpha value is -4.02. The number of ketones is 1. The Kier molecular flexibility index (Phi) is 9.66. The minimum absolute atomic E-state index is 0. The van der Waals surface area contributed by atoms with Crippen LogP contribution in [-0.2, 0) is 25.5 Å². The molecule has 1 saturated heterocycles. The molecule has 3 atom stereocenters. The zero-order chi connectivity index (χ0) is 33.0. The molecule has 3 aromatic rings. The molecule has 47 heavy (non-hydrogen) atoms. The monoisotopic (exact) mass is 644 g/mol. The average Bonchev–Trinajstić information content (AvgIpc) is 3.77. The number of aromatic amines is 1. The number of esters is 2. The smallest absolute Gasteiger partial charge is 0.657 e. The third-order valence-corrected chi connectivity index (χ3v) is 9.88. The van der Waals surface area contributed by atoms with Crippen molar-refractivity contribution in [2.45, 2.75) is 60.8 Å². The van der Waals surface area contributed by atoms with Gasteiger partial charge in [0.15, 0.2) is 5.78 Å². The van der Waals surface area contributed by atoms with Crippen LogP contribution in [0.2, 0.25) is 0 Å². The largest absolute Gasteiger partial charge is 2.00 e. The van der Waals surface area contributed by atoms with Crippen molar-refractivity contribution in [1.29, 1.82) is 0 Å². The number of nitrogens with one attached hydrogen (secondary N) is 2. The van der Waals surface area contributed by atoms with Crippen LogP contribution in [0.5, 0.6) is 0 Å². The molecule has 2 aliphatic heterocycles. The van der Waals surface area contributed by atoms with Gasteiger partial charge in [-0.3, -0.25) is 14.4 Å². The van der Waals surface area contributed by atoms with E-state index in [2.05, 4.69) is 56.7 Å². The number of rotatable bonds is 7. The molecule has 240 valence electrons. The molecule has 1 fully saturated rings. The molecule has 0 amide bonds. The van der Waals surface area contributed by atoms with Crippen LogP contribution >= 0.6 is 0 Å². The molecule has 3 aliphatic rings. The summed E-state index contributed by atoms with van der Waals surface area (Å²) in [7, 11) is 1.29. The van der Waals surface area contributed by atoms with Gasteiger partial charge in [-0.05, 0) is 57.7 Å². The maximum Gasteiger partial charge on any atom is 2.00 e. The van der Waals surface area contributed by atoms with Gasteiger partial charge in [0.2, 0.25) is 0 Å². The quantitative estimate of drug-likeness (QED) is 0.227. The summed E-state index contributed by atoms with van der Waals surface area (Å²) in [4.78, 5) is 53.6. The fraction of sp³-hybridized carbons (Fsp3) is 0.378. The van der Waals surface area contributed by atoms with Crippen LogP contribution in [0.15, 0.2) is 18.0 Å². The van der Waals surface area contributed by atoms with Crippen molar-refractivity contribution >= 4 is 70.7 Å². The van der Waals surface area contributed by atoms with Gasteiger partial charge in [0.25, 0.3) is 0 Å². The second-order valence-corrected chi connectivity index (χ2v) is 12.3. The van der Waals surface area contributed by atoms with E-state index < -0.39 is 11.9 Å². The number of allylic oxidation sites excluding steroid dienone is 2. The summed E-state index contributed by atoms with van der Waals surface area (Å²) in [5, 5.41) is 5.27. The number of carbonyl (C=O) groups excluding carboxylic acids is 3. The summed E-state index contributed by atoms with van der Waals surface area (Å²) in [5.74, 6) is -2.72. The molecule has 1 aliphatic carbocycles. The van der Waals surface area contributed by atoms with Crippen molar-refractivity contribution in [3.05, 3.63) is 84.8 Å². The van der Waals surface area contributed by atoms with Crippen LogP contribution < -0.4 is 26.0 Å². The van der Waals surface area contributed by atoms with Crippen LogP contribution in [0.1, 0.15) is 94.6 Å². The van der Waals surface area contributed by atoms with Crippen molar-refractivity contribution in [1.82, 2.24) is 20.3 Å². The molecule has 0 unspecified atom stereocenters. The van der Waals surface area contributed by atoms with Gasteiger partial charge in [-0.25, -0.2) is 0 Å². The Labute approximate surface area is 290 Å². The first-order valence-corrected chi connectivity index (χ1v) is 15.9. The number of Topliss-reactive ketones (excluding diaryl/α,β-unsaturated/α-hetero) is 1. The van der Waals surface area contributed by atoms with E-state index in [0.29, 0.717) is 46.8 Å².